The number of carbonyl (C=O) groups is 3. The lowest BCUT2D eigenvalue weighted by molar-refractivity contribution is 0.0691. The van der Waals surface area contributed by atoms with Crippen molar-refractivity contribution < 1.29 is 19.5 Å². The minimum absolute atomic E-state index is 0.0498. The third kappa shape index (κ3) is 1.57. The molecule has 7 nitrogen and oxygen atoms in total. The Morgan fingerprint density at radius 1 is 1.10 bits per heavy atom. The molecule has 0 spiro atoms. The van der Waals surface area contributed by atoms with Crippen LogP contribution in [0, 0.1) is 0 Å². The number of nitrogens with zero attached hydrogens (tertiary/aromatic N) is 3. The Bertz CT molecular complexity index is 722. The molecule has 20 heavy (non-hydrogen) atoms. The Morgan fingerprint density at radius 3 is 2.55 bits per heavy atom. The van der Waals surface area contributed by atoms with E-state index in [0.29, 0.717) is 0 Å². The normalized spacial score (nSPS) is 13.5. The molecule has 0 aromatic carbocycles. The van der Waals surface area contributed by atoms with Crippen LogP contribution in [0.5, 0.6) is 0 Å². The lowest BCUT2D eigenvalue weighted by atomic mass is 10.2. The van der Waals surface area contributed by atoms with Crippen LogP contribution in [0.4, 0.5) is 5.69 Å². The summed E-state index contributed by atoms with van der Waals surface area (Å²) in [5, 5.41) is 9.09. The number of carboxylic acid groups (broad SMARTS) is 1. The van der Waals surface area contributed by atoms with Gasteiger partial charge in [0.05, 0.1) is 16.8 Å². The maximum Gasteiger partial charge on any atom is 0.356 e. The molecule has 3 rings (SSSR count). The summed E-state index contributed by atoms with van der Waals surface area (Å²) in [7, 11) is 0. The van der Waals surface area contributed by atoms with E-state index in [-0.39, 0.29) is 22.5 Å². The predicted octanol–water partition coefficient (Wildman–Crippen LogP) is 0.975. The second kappa shape index (κ2) is 4.23. The number of imide groups is 1. The zero-order chi connectivity index (χ0) is 14.3. The van der Waals surface area contributed by atoms with E-state index >= 15 is 0 Å². The third-order valence-electron chi connectivity index (χ3n) is 2.92. The first-order valence-corrected chi connectivity index (χ1v) is 5.62. The minimum atomic E-state index is -1.31. The van der Waals surface area contributed by atoms with Crippen LogP contribution in [0.2, 0.25) is 0 Å². The number of pyridine rings is 2. The molecule has 0 fully saturated rings. The molecule has 1 aliphatic rings. The average molecular weight is 269 g/mol. The second-order valence-corrected chi connectivity index (χ2v) is 4.04. The van der Waals surface area contributed by atoms with E-state index in [1.54, 1.807) is 0 Å². The molecule has 2 aromatic heterocycles. The van der Waals surface area contributed by atoms with Gasteiger partial charge < -0.3 is 5.11 Å². The molecule has 1 N–H and O–H groups in total. The van der Waals surface area contributed by atoms with Crippen molar-refractivity contribution in [1.29, 1.82) is 0 Å². The standard InChI is InChI=1S/C13H7N3O4/c17-11-7-3-5-14-6-8(7)12(18)16(11)9-2-1-4-15-10(9)13(19)20/h1-6H,(H,19,20). The van der Waals surface area contributed by atoms with Gasteiger partial charge in [0.25, 0.3) is 11.8 Å². The van der Waals surface area contributed by atoms with Gasteiger partial charge in [-0.3, -0.25) is 14.6 Å². The lowest BCUT2D eigenvalue weighted by Gasteiger charge is -2.15. The quantitative estimate of drug-likeness (QED) is 0.815. The molecular weight excluding hydrogens is 262 g/mol. The Balaban J connectivity index is 2.17. The summed E-state index contributed by atoms with van der Waals surface area (Å²) in [4.78, 5) is 43.9. The average Bonchev–Trinajstić information content (AvgIpc) is 2.71. The zero-order valence-electron chi connectivity index (χ0n) is 9.98. The zero-order valence-corrected chi connectivity index (χ0v) is 9.98. The van der Waals surface area contributed by atoms with E-state index in [1.807, 2.05) is 0 Å². The van der Waals surface area contributed by atoms with Crippen LogP contribution < -0.4 is 4.90 Å². The van der Waals surface area contributed by atoms with Gasteiger partial charge in [-0.1, -0.05) is 0 Å². The predicted molar refractivity (Wildman–Crippen MR) is 66.6 cm³/mol. The van der Waals surface area contributed by atoms with Crippen LogP contribution in [0.1, 0.15) is 31.2 Å². The molecule has 2 amide bonds. The van der Waals surface area contributed by atoms with Crippen LogP contribution >= 0.6 is 0 Å². The fraction of sp³-hybridized carbons (Fsp3) is 0. The number of carboxylic acids is 1. The van der Waals surface area contributed by atoms with Gasteiger partial charge in [-0.15, -0.1) is 0 Å². The van der Waals surface area contributed by atoms with E-state index in [4.69, 9.17) is 5.11 Å². The van der Waals surface area contributed by atoms with E-state index in [1.165, 1.54) is 36.8 Å². The Hall–Kier alpha value is -3.09. The van der Waals surface area contributed by atoms with E-state index < -0.39 is 17.8 Å². The highest BCUT2D eigenvalue weighted by Gasteiger charge is 2.38. The van der Waals surface area contributed by atoms with Crippen molar-refractivity contribution in [3.63, 3.8) is 0 Å². The number of rotatable bonds is 2. The molecule has 1 aliphatic heterocycles. The van der Waals surface area contributed by atoms with Gasteiger partial charge in [-0.25, -0.2) is 14.7 Å². The van der Waals surface area contributed by atoms with E-state index in [0.717, 1.165) is 4.90 Å². The summed E-state index contributed by atoms with van der Waals surface area (Å²) in [6, 6.07) is 4.25. The van der Waals surface area contributed by atoms with Gasteiger partial charge in [-0.2, -0.15) is 0 Å². The topological polar surface area (TPSA) is 100 Å². The Morgan fingerprint density at radius 2 is 1.85 bits per heavy atom. The molecule has 0 radical (unpaired) electrons. The van der Waals surface area contributed by atoms with Gasteiger partial charge in [0.1, 0.15) is 0 Å². The molecule has 98 valence electrons. The SMILES string of the molecule is O=C(O)c1ncccc1N1C(=O)c2ccncc2C1=O. The first-order chi connectivity index (χ1) is 9.61. The first-order valence-electron chi connectivity index (χ1n) is 5.62. The number of carbonyl (C=O) groups excluding carboxylic acids is 2. The molecule has 0 saturated heterocycles. The van der Waals surface area contributed by atoms with Crippen molar-refractivity contribution in [3.05, 3.63) is 53.6 Å². The van der Waals surface area contributed by atoms with E-state index in [2.05, 4.69) is 9.97 Å². The van der Waals surface area contributed by atoms with Crippen LogP contribution in [0.3, 0.4) is 0 Å². The number of hydrogen-bond acceptors (Lipinski definition) is 5. The maximum absolute atomic E-state index is 12.2. The highest BCUT2D eigenvalue weighted by molar-refractivity contribution is 6.35. The Kier molecular flexibility index (Phi) is 2.53. The van der Waals surface area contributed by atoms with Gasteiger partial charge in [-0.05, 0) is 18.2 Å². The number of fused-ring (bicyclic) bond motifs is 1. The molecular formula is C13H7N3O4. The highest BCUT2D eigenvalue weighted by Crippen LogP contribution is 2.29. The maximum atomic E-state index is 12.2. The molecule has 0 unspecified atom stereocenters. The van der Waals surface area contributed by atoms with Crippen LogP contribution in [0.25, 0.3) is 0 Å². The van der Waals surface area contributed by atoms with Gasteiger partial charge in [0.15, 0.2) is 5.69 Å². The highest BCUT2D eigenvalue weighted by atomic mass is 16.4. The summed E-state index contributed by atoms with van der Waals surface area (Å²) in [5.74, 6) is -2.49. The number of aromatic nitrogens is 2. The van der Waals surface area contributed by atoms with Crippen molar-refractivity contribution in [2.45, 2.75) is 0 Å². The summed E-state index contributed by atoms with van der Waals surface area (Å²) in [5.41, 5.74) is -0.0518. The van der Waals surface area contributed by atoms with Crippen molar-refractivity contribution in [3.8, 4) is 0 Å². The van der Waals surface area contributed by atoms with Gasteiger partial charge >= 0.3 is 5.97 Å². The van der Waals surface area contributed by atoms with Gasteiger partial charge in [0, 0.05) is 18.6 Å². The lowest BCUT2D eigenvalue weighted by Crippen LogP contribution is -2.31. The van der Waals surface area contributed by atoms with Crippen molar-refractivity contribution in [2.75, 3.05) is 4.90 Å². The first kappa shape index (κ1) is 12.0. The number of aromatic carboxylic acids is 1. The van der Waals surface area contributed by atoms with Crippen LogP contribution in [-0.4, -0.2) is 32.9 Å². The smallest absolute Gasteiger partial charge is 0.356 e. The molecule has 7 heteroatoms. The summed E-state index contributed by atoms with van der Waals surface area (Å²) in [6.45, 7) is 0. The Labute approximate surface area is 112 Å². The third-order valence-corrected chi connectivity index (χ3v) is 2.92. The van der Waals surface area contributed by atoms with E-state index in [9.17, 15) is 14.4 Å². The van der Waals surface area contributed by atoms with Crippen LogP contribution in [-0.2, 0) is 0 Å². The molecule has 3 heterocycles. The van der Waals surface area contributed by atoms with Crippen molar-refractivity contribution in [2.24, 2.45) is 0 Å². The molecule has 0 bridgehead atoms. The summed E-state index contributed by atoms with van der Waals surface area (Å²) >= 11 is 0. The molecule has 0 aliphatic carbocycles. The minimum Gasteiger partial charge on any atom is -0.476 e. The van der Waals surface area contributed by atoms with Crippen molar-refractivity contribution >= 4 is 23.5 Å². The van der Waals surface area contributed by atoms with Crippen LogP contribution in [0.15, 0.2) is 36.8 Å². The molecule has 0 atom stereocenters. The monoisotopic (exact) mass is 269 g/mol. The summed E-state index contributed by atoms with van der Waals surface area (Å²) in [6.07, 6.45) is 3.97. The second-order valence-electron chi connectivity index (χ2n) is 4.04. The fourth-order valence-electron chi connectivity index (χ4n) is 2.05. The number of anilines is 1. The van der Waals surface area contributed by atoms with Gasteiger partial charge in [0.2, 0.25) is 0 Å². The molecule has 2 aromatic rings. The number of hydrogen-bond donors (Lipinski definition) is 1. The molecule has 0 saturated carbocycles. The summed E-state index contributed by atoms with van der Waals surface area (Å²) < 4.78 is 0. The fourth-order valence-corrected chi connectivity index (χ4v) is 2.05. The number of amides is 2. The van der Waals surface area contributed by atoms with Crippen molar-refractivity contribution in [1.82, 2.24) is 9.97 Å². The largest absolute Gasteiger partial charge is 0.476 e.